The van der Waals surface area contributed by atoms with Crippen LogP contribution in [-0.2, 0) is 0 Å². The van der Waals surface area contributed by atoms with Gasteiger partial charge in [0.15, 0.2) is 0 Å². The first-order chi connectivity index (χ1) is 9.22. The SMILES string of the molecule is COc1cc(C)nc(NC(CO)c2ccccc2)n1. The van der Waals surface area contributed by atoms with E-state index in [-0.39, 0.29) is 12.6 Å². The van der Waals surface area contributed by atoms with Crippen molar-refractivity contribution in [1.29, 1.82) is 0 Å². The summed E-state index contributed by atoms with van der Waals surface area (Å²) in [7, 11) is 1.56. The van der Waals surface area contributed by atoms with Gasteiger partial charge in [-0.05, 0) is 12.5 Å². The van der Waals surface area contributed by atoms with E-state index in [9.17, 15) is 5.11 Å². The third-order valence-corrected chi connectivity index (χ3v) is 2.73. The van der Waals surface area contributed by atoms with E-state index in [0.717, 1.165) is 11.3 Å². The number of hydrogen-bond acceptors (Lipinski definition) is 5. The monoisotopic (exact) mass is 259 g/mol. The van der Waals surface area contributed by atoms with E-state index in [4.69, 9.17) is 4.74 Å². The molecule has 2 rings (SSSR count). The maximum absolute atomic E-state index is 9.49. The molecule has 5 heteroatoms. The number of ether oxygens (including phenoxy) is 1. The summed E-state index contributed by atoms with van der Waals surface area (Å²) < 4.78 is 5.10. The molecule has 0 radical (unpaired) electrons. The molecule has 0 fully saturated rings. The van der Waals surface area contributed by atoms with Crippen LogP contribution in [0.15, 0.2) is 36.4 Å². The van der Waals surface area contributed by atoms with Gasteiger partial charge in [-0.2, -0.15) is 4.98 Å². The summed E-state index contributed by atoms with van der Waals surface area (Å²) in [5, 5.41) is 12.6. The van der Waals surface area contributed by atoms with E-state index in [1.54, 1.807) is 13.2 Å². The standard InChI is InChI=1S/C14H17N3O2/c1-10-8-13(19-2)17-14(15-10)16-12(9-18)11-6-4-3-5-7-11/h3-8,12,18H,9H2,1-2H3,(H,15,16,17). The number of aromatic nitrogens is 2. The Morgan fingerprint density at radius 1 is 1.26 bits per heavy atom. The Morgan fingerprint density at radius 2 is 2.00 bits per heavy atom. The molecule has 0 aliphatic heterocycles. The van der Waals surface area contributed by atoms with Crippen LogP contribution in [0.2, 0.25) is 0 Å². The maximum atomic E-state index is 9.49. The zero-order valence-corrected chi connectivity index (χ0v) is 11.0. The van der Waals surface area contributed by atoms with Crippen molar-refractivity contribution in [2.24, 2.45) is 0 Å². The van der Waals surface area contributed by atoms with Gasteiger partial charge in [-0.1, -0.05) is 30.3 Å². The van der Waals surface area contributed by atoms with Crippen LogP contribution in [0.5, 0.6) is 5.88 Å². The van der Waals surface area contributed by atoms with Crippen molar-refractivity contribution in [3.63, 3.8) is 0 Å². The molecule has 0 bridgehead atoms. The summed E-state index contributed by atoms with van der Waals surface area (Å²) in [6.45, 7) is 1.83. The fraction of sp³-hybridized carbons (Fsp3) is 0.286. The van der Waals surface area contributed by atoms with Gasteiger partial charge < -0.3 is 15.2 Å². The molecule has 5 nitrogen and oxygen atoms in total. The molecule has 0 saturated carbocycles. The minimum absolute atomic E-state index is 0.0381. The van der Waals surface area contributed by atoms with Crippen LogP contribution in [0.1, 0.15) is 17.3 Å². The van der Waals surface area contributed by atoms with Gasteiger partial charge in [-0.3, -0.25) is 0 Å². The number of nitrogens with zero attached hydrogens (tertiary/aromatic N) is 2. The Labute approximate surface area is 112 Å². The largest absolute Gasteiger partial charge is 0.481 e. The lowest BCUT2D eigenvalue weighted by atomic mass is 10.1. The number of nitrogens with one attached hydrogen (secondary N) is 1. The molecule has 19 heavy (non-hydrogen) atoms. The minimum Gasteiger partial charge on any atom is -0.481 e. The summed E-state index contributed by atoms with van der Waals surface area (Å²) >= 11 is 0. The average Bonchev–Trinajstić information content (AvgIpc) is 2.45. The molecule has 0 spiro atoms. The number of rotatable bonds is 5. The van der Waals surface area contributed by atoms with Gasteiger partial charge in [0.05, 0.1) is 19.8 Å². The Balaban J connectivity index is 2.21. The molecule has 0 aliphatic rings. The minimum atomic E-state index is -0.243. The van der Waals surface area contributed by atoms with Gasteiger partial charge >= 0.3 is 0 Å². The van der Waals surface area contributed by atoms with Crippen molar-refractivity contribution in [1.82, 2.24) is 9.97 Å². The highest BCUT2D eigenvalue weighted by molar-refractivity contribution is 5.35. The van der Waals surface area contributed by atoms with Crippen molar-refractivity contribution in [2.45, 2.75) is 13.0 Å². The molecule has 0 amide bonds. The summed E-state index contributed by atoms with van der Waals surface area (Å²) in [5.41, 5.74) is 1.79. The van der Waals surface area contributed by atoms with Crippen molar-refractivity contribution in [3.8, 4) is 5.88 Å². The van der Waals surface area contributed by atoms with Crippen LogP contribution >= 0.6 is 0 Å². The molecule has 0 saturated heterocycles. The smallest absolute Gasteiger partial charge is 0.226 e. The van der Waals surface area contributed by atoms with Crippen LogP contribution < -0.4 is 10.1 Å². The lowest BCUT2D eigenvalue weighted by molar-refractivity contribution is 0.275. The molecular weight excluding hydrogens is 242 g/mol. The van der Waals surface area contributed by atoms with E-state index in [2.05, 4.69) is 15.3 Å². The van der Waals surface area contributed by atoms with Gasteiger partial charge in [0.25, 0.3) is 0 Å². The van der Waals surface area contributed by atoms with Crippen LogP contribution in [0.4, 0.5) is 5.95 Å². The fourth-order valence-electron chi connectivity index (χ4n) is 1.78. The highest BCUT2D eigenvalue weighted by atomic mass is 16.5. The lowest BCUT2D eigenvalue weighted by Gasteiger charge is -2.17. The second-order valence-electron chi connectivity index (χ2n) is 4.17. The zero-order valence-electron chi connectivity index (χ0n) is 11.0. The van der Waals surface area contributed by atoms with E-state index in [1.807, 2.05) is 37.3 Å². The van der Waals surface area contributed by atoms with E-state index in [1.165, 1.54) is 0 Å². The predicted octanol–water partition coefficient (Wildman–Crippen LogP) is 1.94. The third kappa shape index (κ3) is 3.42. The molecule has 1 atom stereocenters. The van der Waals surface area contributed by atoms with Crippen molar-refractivity contribution < 1.29 is 9.84 Å². The second-order valence-corrected chi connectivity index (χ2v) is 4.17. The zero-order chi connectivity index (χ0) is 13.7. The first-order valence-electron chi connectivity index (χ1n) is 6.05. The van der Waals surface area contributed by atoms with Crippen molar-refractivity contribution >= 4 is 5.95 Å². The molecule has 1 aromatic heterocycles. The second kappa shape index (κ2) is 6.15. The molecule has 100 valence electrons. The number of anilines is 1. The fourth-order valence-corrected chi connectivity index (χ4v) is 1.78. The van der Waals surface area contributed by atoms with Gasteiger partial charge in [-0.15, -0.1) is 0 Å². The quantitative estimate of drug-likeness (QED) is 0.859. The third-order valence-electron chi connectivity index (χ3n) is 2.73. The topological polar surface area (TPSA) is 67.3 Å². The van der Waals surface area contributed by atoms with Crippen LogP contribution in [-0.4, -0.2) is 28.8 Å². The molecular formula is C14H17N3O2. The number of aliphatic hydroxyl groups excluding tert-OH is 1. The number of benzene rings is 1. The normalized spacial score (nSPS) is 11.9. The Morgan fingerprint density at radius 3 is 2.63 bits per heavy atom. The summed E-state index contributed by atoms with van der Waals surface area (Å²) in [4.78, 5) is 8.49. The Hall–Kier alpha value is -2.14. The van der Waals surface area contributed by atoms with Crippen LogP contribution in [0.3, 0.4) is 0 Å². The lowest BCUT2D eigenvalue weighted by Crippen LogP contribution is -2.17. The first kappa shape index (κ1) is 13.3. The average molecular weight is 259 g/mol. The number of hydrogen-bond donors (Lipinski definition) is 2. The summed E-state index contributed by atoms with van der Waals surface area (Å²) in [5.74, 6) is 0.944. The van der Waals surface area contributed by atoms with Crippen molar-refractivity contribution in [3.05, 3.63) is 47.7 Å². The first-order valence-corrected chi connectivity index (χ1v) is 6.05. The van der Waals surface area contributed by atoms with Gasteiger partial charge in [0, 0.05) is 11.8 Å². The number of aryl methyl sites for hydroxylation is 1. The van der Waals surface area contributed by atoms with Crippen LogP contribution in [0.25, 0.3) is 0 Å². The van der Waals surface area contributed by atoms with E-state index in [0.29, 0.717) is 11.8 Å². The molecule has 2 N–H and O–H groups in total. The summed E-state index contributed by atoms with van der Waals surface area (Å²) in [6.07, 6.45) is 0. The van der Waals surface area contributed by atoms with Gasteiger partial charge in [0.1, 0.15) is 0 Å². The Bertz CT molecular complexity index is 531. The number of methoxy groups -OCH3 is 1. The van der Waals surface area contributed by atoms with Crippen LogP contribution in [0, 0.1) is 6.92 Å². The molecule has 1 unspecified atom stereocenters. The highest BCUT2D eigenvalue weighted by Crippen LogP contribution is 2.18. The van der Waals surface area contributed by atoms with Crippen molar-refractivity contribution in [2.75, 3.05) is 19.0 Å². The highest BCUT2D eigenvalue weighted by Gasteiger charge is 2.12. The molecule has 0 aliphatic carbocycles. The predicted molar refractivity (Wildman–Crippen MR) is 73.2 cm³/mol. The Kier molecular flexibility index (Phi) is 4.30. The number of aliphatic hydroxyl groups is 1. The molecule has 1 heterocycles. The summed E-state index contributed by atoms with van der Waals surface area (Å²) in [6, 6.07) is 11.2. The molecule has 2 aromatic rings. The van der Waals surface area contributed by atoms with Gasteiger partial charge in [0.2, 0.25) is 11.8 Å². The maximum Gasteiger partial charge on any atom is 0.226 e. The molecule has 1 aromatic carbocycles. The van der Waals surface area contributed by atoms with E-state index < -0.39 is 0 Å². The van der Waals surface area contributed by atoms with E-state index >= 15 is 0 Å². The van der Waals surface area contributed by atoms with Gasteiger partial charge in [-0.25, -0.2) is 4.98 Å².